The highest BCUT2D eigenvalue weighted by Crippen LogP contribution is 2.51. The maximum absolute atomic E-state index is 13.6. The molecule has 2 N–H and O–H groups in total. The Morgan fingerprint density at radius 3 is 2.59 bits per heavy atom. The van der Waals surface area contributed by atoms with Gasteiger partial charge in [-0.2, -0.15) is 0 Å². The van der Waals surface area contributed by atoms with Gasteiger partial charge in [0.15, 0.2) is 0 Å². The van der Waals surface area contributed by atoms with Crippen LogP contribution in [0.1, 0.15) is 36.4 Å². The van der Waals surface area contributed by atoms with Crippen LogP contribution in [0, 0.1) is 5.92 Å². The van der Waals surface area contributed by atoms with E-state index in [-0.39, 0.29) is 12.0 Å². The Hall–Kier alpha value is -3.51. The standard InChI is InChI=1S/C28H27N3O2S/c1-2-31(19-9-4-3-5-10-19)34(32,33)20-15-16-27-24(17-20)21-12-8-13-23(21)28(30-27)25-18-29-26-14-7-6-11-22(25)26/h3-12,14-18,21,23,28-30H,2,13H2,1H3. The van der Waals surface area contributed by atoms with Crippen LogP contribution in [-0.2, 0) is 10.0 Å². The van der Waals surface area contributed by atoms with Crippen LogP contribution in [-0.4, -0.2) is 19.9 Å². The highest BCUT2D eigenvalue weighted by atomic mass is 32.2. The fourth-order valence-electron chi connectivity index (χ4n) is 5.60. The van der Waals surface area contributed by atoms with Crippen LogP contribution in [0.25, 0.3) is 10.9 Å². The second-order valence-corrected chi connectivity index (χ2v) is 10.9. The first-order valence-corrected chi connectivity index (χ1v) is 13.2. The third-order valence-corrected chi connectivity index (χ3v) is 9.11. The molecule has 6 heteroatoms. The van der Waals surface area contributed by atoms with Crippen molar-refractivity contribution in [3.63, 3.8) is 0 Å². The molecule has 0 spiro atoms. The quantitative estimate of drug-likeness (QED) is 0.342. The fraction of sp³-hybridized carbons (Fsp3) is 0.214. The first kappa shape index (κ1) is 21.1. The van der Waals surface area contributed by atoms with Crippen LogP contribution in [0.4, 0.5) is 11.4 Å². The average molecular weight is 470 g/mol. The summed E-state index contributed by atoms with van der Waals surface area (Å²) in [4.78, 5) is 3.74. The van der Waals surface area contributed by atoms with Gasteiger partial charge in [-0.3, -0.25) is 4.31 Å². The van der Waals surface area contributed by atoms with Gasteiger partial charge in [-0.15, -0.1) is 0 Å². The molecule has 1 aliphatic heterocycles. The number of hydrogen-bond acceptors (Lipinski definition) is 3. The first-order valence-electron chi connectivity index (χ1n) is 11.8. The number of fused-ring (bicyclic) bond motifs is 4. The van der Waals surface area contributed by atoms with E-state index in [1.807, 2.05) is 55.5 Å². The zero-order valence-electron chi connectivity index (χ0n) is 19.0. The molecule has 3 aromatic carbocycles. The lowest BCUT2D eigenvalue weighted by Gasteiger charge is -2.37. The maximum Gasteiger partial charge on any atom is 0.264 e. The van der Waals surface area contributed by atoms with Crippen LogP contribution in [0.5, 0.6) is 0 Å². The Morgan fingerprint density at radius 1 is 0.971 bits per heavy atom. The summed E-state index contributed by atoms with van der Waals surface area (Å²) in [5, 5.41) is 4.98. The van der Waals surface area contributed by atoms with Crippen molar-refractivity contribution in [2.45, 2.75) is 30.2 Å². The van der Waals surface area contributed by atoms with E-state index in [4.69, 9.17) is 0 Å². The molecule has 3 unspecified atom stereocenters. The lowest BCUT2D eigenvalue weighted by atomic mass is 9.77. The molecule has 0 bridgehead atoms. The van der Waals surface area contributed by atoms with Gasteiger partial charge in [-0.1, -0.05) is 48.6 Å². The van der Waals surface area contributed by atoms with Gasteiger partial charge in [0.2, 0.25) is 0 Å². The second kappa shape index (κ2) is 8.06. The number of nitrogens with one attached hydrogen (secondary N) is 2. The molecule has 0 saturated heterocycles. The summed E-state index contributed by atoms with van der Waals surface area (Å²) in [6.45, 7) is 2.24. The summed E-state index contributed by atoms with van der Waals surface area (Å²) in [6.07, 6.45) is 7.55. The van der Waals surface area contributed by atoms with Crippen molar-refractivity contribution >= 4 is 32.3 Å². The molecular formula is C28H27N3O2S. The summed E-state index contributed by atoms with van der Waals surface area (Å²) in [6, 6.07) is 23.4. The van der Waals surface area contributed by atoms with E-state index in [0.29, 0.717) is 23.0 Å². The molecule has 0 saturated carbocycles. The number of para-hydroxylation sites is 2. The van der Waals surface area contributed by atoms with Crippen molar-refractivity contribution in [2.24, 2.45) is 5.92 Å². The lowest BCUT2D eigenvalue weighted by Crippen LogP contribution is -2.32. The lowest BCUT2D eigenvalue weighted by molar-refractivity contribution is 0.427. The fourth-order valence-corrected chi connectivity index (χ4v) is 7.11. The minimum absolute atomic E-state index is 0.155. The first-order chi connectivity index (χ1) is 16.6. The van der Waals surface area contributed by atoms with Gasteiger partial charge in [0.05, 0.1) is 16.6 Å². The number of aromatic amines is 1. The molecule has 172 valence electrons. The number of hydrogen-bond donors (Lipinski definition) is 2. The van der Waals surface area contributed by atoms with Gasteiger partial charge in [-0.05, 0) is 66.8 Å². The van der Waals surface area contributed by atoms with E-state index >= 15 is 0 Å². The highest BCUT2D eigenvalue weighted by molar-refractivity contribution is 7.92. The van der Waals surface area contributed by atoms with Gasteiger partial charge in [0.25, 0.3) is 10.0 Å². The molecule has 34 heavy (non-hydrogen) atoms. The van der Waals surface area contributed by atoms with E-state index in [2.05, 4.69) is 46.8 Å². The number of nitrogens with zero attached hydrogens (tertiary/aromatic N) is 1. The van der Waals surface area contributed by atoms with Crippen molar-refractivity contribution in [2.75, 3.05) is 16.2 Å². The molecule has 5 nitrogen and oxygen atoms in total. The van der Waals surface area contributed by atoms with Crippen molar-refractivity contribution in [1.82, 2.24) is 4.98 Å². The normalized spacial score (nSPS) is 21.1. The molecule has 1 aliphatic carbocycles. The van der Waals surface area contributed by atoms with Crippen LogP contribution >= 0.6 is 0 Å². The number of aromatic nitrogens is 1. The highest BCUT2D eigenvalue weighted by Gasteiger charge is 2.39. The van der Waals surface area contributed by atoms with Crippen molar-refractivity contribution in [3.8, 4) is 0 Å². The van der Waals surface area contributed by atoms with Gasteiger partial charge >= 0.3 is 0 Å². The zero-order chi connectivity index (χ0) is 23.3. The third-order valence-electron chi connectivity index (χ3n) is 7.21. The summed E-state index contributed by atoms with van der Waals surface area (Å²) < 4.78 is 28.7. The Morgan fingerprint density at radius 2 is 1.76 bits per heavy atom. The third kappa shape index (κ3) is 3.24. The van der Waals surface area contributed by atoms with Crippen LogP contribution in [0.2, 0.25) is 0 Å². The van der Waals surface area contributed by atoms with E-state index < -0.39 is 10.0 Å². The van der Waals surface area contributed by atoms with Gasteiger partial charge in [0.1, 0.15) is 0 Å². The SMILES string of the molecule is CCN(c1ccccc1)S(=O)(=O)c1ccc2c(c1)C1C=CCC1C(c1c[nH]c3ccccc13)N2. The van der Waals surface area contributed by atoms with Crippen LogP contribution in [0.3, 0.4) is 0 Å². The summed E-state index contributed by atoms with van der Waals surface area (Å²) in [5.41, 5.74) is 5.14. The summed E-state index contributed by atoms with van der Waals surface area (Å²) >= 11 is 0. The Labute approximate surface area is 200 Å². The van der Waals surface area contributed by atoms with Crippen molar-refractivity contribution in [3.05, 3.63) is 102 Å². The van der Waals surface area contributed by atoms with E-state index in [9.17, 15) is 8.42 Å². The Balaban J connectivity index is 1.40. The predicted molar refractivity (Wildman–Crippen MR) is 138 cm³/mol. The van der Waals surface area contributed by atoms with Gasteiger partial charge in [-0.25, -0.2) is 8.42 Å². The second-order valence-electron chi connectivity index (χ2n) is 9.02. The molecule has 4 aromatic rings. The molecule has 6 rings (SSSR count). The molecular weight excluding hydrogens is 442 g/mol. The molecule has 1 aromatic heterocycles. The molecule has 0 radical (unpaired) electrons. The maximum atomic E-state index is 13.6. The molecule has 0 amide bonds. The molecule has 0 fully saturated rings. The summed E-state index contributed by atoms with van der Waals surface area (Å²) in [7, 11) is -3.68. The van der Waals surface area contributed by atoms with Crippen molar-refractivity contribution < 1.29 is 8.42 Å². The van der Waals surface area contributed by atoms with E-state index in [0.717, 1.165) is 23.2 Å². The number of H-pyrrole nitrogens is 1. The number of benzene rings is 3. The monoisotopic (exact) mass is 469 g/mol. The largest absolute Gasteiger partial charge is 0.378 e. The van der Waals surface area contributed by atoms with E-state index in [1.54, 1.807) is 6.07 Å². The van der Waals surface area contributed by atoms with Crippen LogP contribution < -0.4 is 9.62 Å². The number of anilines is 2. The minimum atomic E-state index is -3.68. The van der Waals surface area contributed by atoms with Gasteiger partial charge in [0, 0.05) is 35.2 Å². The average Bonchev–Trinajstić information content (AvgIpc) is 3.52. The smallest absolute Gasteiger partial charge is 0.264 e. The number of rotatable bonds is 5. The van der Waals surface area contributed by atoms with E-state index in [1.165, 1.54) is 15.3 Å². The van der Waals surface area contributed by atoms with Crippen molar-refractivity contribution in [1.29, 1.82) is 0 Å². The molecule has 2 aliphatic rings. The molecule has 3 atom stereocenters. The Kier molecular flexibility index (Phi) is 4.99. The number of sulfonamides is 1. The minimum Gasteiger partial charge on any atom is -0.378 e. The topological polar surface area (TPSA) is 65.2 Å². The predicted octanol–water partition coefficient (Wildman–Crippen LogP) is 6.21. The van der Waals surface area contributed by atoms with Gasteiger partial charge < -0.3 is 10.3 Å². The molecule has 2 heterocycles. The summed E-state index contributed by atoms with van der Waals surface area (Å²) in [5.74, 6) is 0.512. The zero-order valence-corrected chi connectivity index (χ0v) is 19.8. The number of allylic oxidation sites excluding steroid dienone is 2. The Bertz CT molecular complexity index is 1490. The van der Waals surface area contributed by atoms with Crippen LogP contribution in [0.15, 0.2) is 96.0 Å².